The highest BCUT2D eigenvalue weighted by Gasteiger charge is 2.47. The van der Waals surface area contributed by atoms with E-state index in [4.69, 9.17) is 5.41 Å². The molecule has 2 nitrogen and oxygen atoms in total. The van der Waals surface area contributed by atoms with Crippen molar-refractivity contribution in [2.75, 3.05) is 0 Å². The van der Waals surface area contributed by atoms with Gasteiger partial charge in [0, 0.05) is 5.71 Å². The van der Waals surface area contributed by atoms with Crippen LogP contribution in [0.2, 0.25) is 0 Å². The first-order valence-electron chi connectivity index (χ1n) is 6.88. The van der Waals surface area contributed by atoms with Gasteiger partial charge in [-0.1, -0.05) is 60.7 Å². The summed E-state index contributed by atoms with van der Waals surface area (Å²) in [7, 11) is 0. The van der Waals surface area contributed by atoms with Crippen LogP contribution in [0.25, 0.3) is 0 Å². The van der Waals surface area contributed by atoms with E-state index < -0.39 is 5.41 Å². The first-order chi connectivity index (χ1) is 9.79. The fraction of sp³-hybridized carbons (Fsp3) is 0.222. The summed E-state index contributed by atoms with van der Waals surface area (Å²) < 4.78 is 0. The Morgan fingerprint density at radius 2 is 1.45 bits per heavy atom. The smallest absolute Gasteiger partial charge is 0.0851 e. The molecule has 2 heteroatoms. The maximum atomic E-state index is 9.27. The second kappa shape index (κ2) is 4.94. The van der Waals surface area contributed by atoms with Crippen molar-refractivity contribution in [1.29, 1.82) is 10.7 Å². The molecule has 2 aromatic carbocycles. The van der Waals surface area contributed by atoms with Gasteiger partial charge in [0.15, 0.2) is 0 Å². The molecule has 1 aliphatic carbocycles. The predicted octanol–water partition coefficient (Wildman–Crippen LogP) is 3.93. The summed E-state index contributed by atoms with van der Waals surface area (Å²) in [5.74, 6) is -0.268. The number of nitrogens with zero attached hydrogens (tertiary/aromatic N) is 1. The van der Waals surface area contributed by atoms with Crippen LogP contribution < -0.4 is 0 Å². The number of rotatable bonds is 2. The molecule has 1 N–H and O–H groups in total. The van der Waals surface area contributed by atoms with Gasteiger partial charge < -0.3 is 5.41 Å². The van der Waals surface area contributed by atoms with Gasteiger partial charge in [-0.3, -0.25) is 0 Å². The minimum absolute atomic E-state index is 0.268. The van der Waals surface area contributed by atoms with Crippen LogP contribution in [0.15, 0.2) is 60.7 Å². The highest BCUT2D eigenvalue weighted by molar-refractivity contribution is 6.01. The molecule has 1 aliphatic rings. The lowest BCUT2D eigenvalue weighted by atomic mass is 9.71. The Hall–Kier alpha value is -2.40. The standard InChI is InChI=1S/C18H16N2/c19-13-14-11-12-18(17(14)20,15-7-3-1-4-8-15)16-9-5-2-6-10-16/h1-10,14,20H,11-12H2. The average Bonchev–Trinajstić information content (AvgIpc) is 2.87. The van der Waals surface area contributed by atoms with Gasteiger partial charge in [-0.25, -0.2) is 0 Å². The van der Waals surface area contributed by atoms with E-state index in [0.717, 1.165) is 24.0 Å². The molecule has 0 bridgehead atoms. The van der Waals surface area contributed by atoms with Gasteiger partial charge in [0.25, 0.3) is 0 Å². The van der Waals surface area contributed by atoms with Crippen molar-refractivity contribution < 1.29 is 0 Å². The van der Waals surface area contributed by atoms with Crippen molar-refractivity contribution in [2.24, 2.45) is 5.92 Å². The Kier molecular flexibility index (Phi) is 3.12. The Balaban J connectivity index is 2.21. The van der Waals surface area contributed by atoms with Crippen LogP contribution >= 0.6 is 0 Å². The van der Waals surface area contributed by atoms with Crippen LogP contribution in [0.1, 0.15) is 24.0 Å². The maximum Gasteiger partial charge on any atom is 0.0851 e. The molecule has 0 amide bonds. The van der Waals surface area contributed by atoms with E-state index in [2.05, 4.69) is 30.3 Å². The van der Waals surface area contributed by atoms with Crippen LogP contribution in [0.5, 0.6) is 0 Å². The van der Waals surface area contributed by atoms with Crippen molar-refractivity contribution in [3.8, 4) is 6.07 Å². The number of hydrogen-bond acceptors (Lipinski definition) is 2. The average molecular weight is 260 g/mol. The monoisotopic (exact) mass is 260 g/mol. The van der Waals surface area contributed by atoms with Gasteiger partial charge in [0.2, 0.25) is 0 Å². The quantitative estimate of drug-likeness (QED) is 0.873. The maximum absolute atomic E-state index is 9.27. The van der Waals surface area contributed by atoms with Crippen LogP contribution in [0, 0.1) is 22.7 Å². The largest absolute Gasteiger partial charge is 0.307 e. The SMILES string of the molecule is N#CC1CCC(c2ccccc2)(c2ccccc2)C1=N. The van der Waals surface area contributed by atoms with E-state index in [9.17, 15) is 5.26 Å². The second-order valence-corrected chi connectivity index (χ2v) is 5.27. The summed E-state index contributed by atoms with van der Waals surface area (Å²) >= 11 is 0. The van der Waals surface area contributed by atoms with Crippen LogP contribution in [-0.4, -0.2) is 5.71 Å². The second-order valence-electron chi connectivity index (χ2n) is 5.27. The predicted molar refractivity (Wildman–Crippen MR) is 79.7 cm³/mol. The summed E-state index contributed by atoms with van der Waals surface area (Å²) in [5, 5.41) is 17.8. The molecule has 1 saturated carbocycles. The van der Waals surface area contributed by atoms with Crippen molar-refractivity contribution >= 4 is 5.71 Å². The van der Waals surface area contributed by atoms with Crippen LogP contribution in [0.4, 0.5) is 0 Å². The van der Waals surface area contributed by atoms with Gasteiger partial charge in [-0.05, 0) is 24.0 Å². The molecule has 0 spiro atoms. The van der Waals surface area contributed by atoms with Crippen molar-refractivity contribution in [2.45, 2.75) is 18.3 Å². The number of hydrogen-bond donors (Lipinski definition) is 1. The fourth-order valence-corrected chi connectivity index (χ4v) is 3.28. The van der Waals surface area contributed by atoms with E-state index in [-0.39, 0.29) is 5.92 Å². The third-order valence-corrected chi connectivity index (χ3v) is 4.31. The van der Waals surface area contributed by atoms with Gasteiger partial charge in [0.1, 0.15) is 0 Å². The Bertz CT molecular complexity index is 613. The number of nitrogens with one attached hydrogen (secondary N) is 1. The lowest BCUT2D eigenvalue weighted by molar-refractivity contribution is 0.646. The summed E-state index contributed by atoms with van der Waals surface area (Å²) in [6, 6.07) is 22.6. The van der Waals surface area contributed by atoms with E-state index in [1.165, 1.54) is 0 Å². The number of nitriles is 1. The molecule has 20 heavy (non-hydrogen) atoms. The van der Waals surface area contributed by atoms with Crippen molar-refractivity contribution in [1.82, 2.24) is 0 Å². The third-order valence-electron chi connectivity index (χ3n) is 4.31. The molecule has 2 aromatic rings. The van der Waals surface area contributed by atoms with Gasteiger partial charge >= 0.3 is 0 Å². The van der Waals surface area contributed by atoms with Crippen molar-refractivity contribution in [3.63, 3.8) is 0 Å². The fourth-order valence-electron chi connectivity index (χ4n) is 3.28. The zero-order valence-corrected chi connectivity index (χ0v) is 11.2. The summed E-state index contributed by atoms with van der Waals surface area (Å²) in [6.07, 6.45) is 1.59. The van der Waals surface area contributed by atoms with E-state index in [1.54, 1.807) is 0 Å². The first-order valence-corrected chi connectivity index (χ1v) is 6.88. The topological polar surface area (TPSA) is 47.6 Å². The Morgan fingerprint density at radius 1 is 0.950 bits per heavy atom. The lowest BCUT2D eigenvalue weighted by Crippen LogP contribution is -2.34. The highest BCUT2D eigenvalue weighted by atomic mass is 14.6. The molecule has 0 saturated heterocycles. The van der Waals surface area contributed by atoms with Crippen molar-refractivity contribution in [3.05, 3.63) is 71.8 Å². The van der Waals surface area contributed by atoms with Gasteiger partial charge in [-0.15, -0.1) is 0 Å². The highest BCUT2D eigenvalue weighted by Crippen LogP contribution is 2.46. The molecule has 1 unspecified atom stereocenters. The third kappa shape index (κ3) is 1.75. The van der Waals surface area contributed by atoms with E-state index in [1.807, 2.05) is 36.4 Å². The minimum Gasteiger partial charge on any atom is -0.307 e. The molecule has 3 rings (SSSR count). The molecular weight excluding hydrogens is 244 g/mol. The summed E-state index contributed by atoms with van der Waals surface area (Å²) in [4.78, 5) is 0. The van der Waals surface area contributed by atoms with E-state index >= 15 is 0 Å². The Morgan fingerprint density at radius 3 is 1.85 bits per heavy atom. The van der Waals surface area contributed by atoms with Gasteiger partial charge in [0.05, 0.1) is 17.4 Å². The van der Waals surface area contributed by atoms with Crippen LogP contribution in [-0.2, 0) is 5.41 Å². The molecule has 0 heterocycles. The number of benzene rings is 2. The first kappa shape index (κ1) is 12.6. The normalized spacial score (nSPS) is 20.6. The molecule has 0 radical (unpaired) electrons. The zero-order valence-electron chi connectivity index (χ0n) is 11.2. The van der Waals surface area contributed by atoms with Gasteiger partial charge in [-0.2, -0.15) is 5.26 Å². The molecule has 1 fully saturated rings. The van der Waals surface area contributed by atoms with Crippen LogP contribution in [0.3, 0.4) is 0 Å². The minimum atomic E-state index is -0.428. The summed E-state index contributed by atoms with van der Waals surface area (Å²) in [6.45, 7) is 0. The lowest BCUT2D eigenvalue weighted by Gasteiger charge is -2.31. The molecule has 1 atom stereocenters. The zero-order chi connectivity index (χ0) is 14.0. The Labute approximate surface area is 119 Å². The molecule has 0 aromatic heterocycles. The molecule has 98 valence electrons. The van der Waals surface area contributed by atoms with E-state index in [0.29, 0.717) is 5.71 Å². The molecular formula is C18H16N2. The molecule has 0 aliphatic heterocycles. The summed E-state index contributed by atoms with van der Waals surface area (Å²) in [5.41, 5.74) is 2.35.